The van der Waals surface area contributed by atoms with E-state index in [0.717, 1.165) is 17.7 Å². The Morgan fingerprint density at radius 2 is 1.63 bits per heavy atom. The number of aryl methyl sites for hydroxylation is 1. The van der Waals surface area contributed by atoms with E-state index in [0.29, 0.717) is 27.0 Å². The van der Waals surface area contributed by atoms with Crippen molar-refractivity contribution >= 4 is 46.4 Å². The van der Waals surface area contributed by atoms with Gasteiger partial charge < -0.3 is 15.4 Å². The highest BCUT2D eigenvalue weighted by Crippen LogP contribution is 2.25. The van der Waals surface area contributed by atoms with E-state index in [9.17, 15) is 9.59 Å². The first-order chi connectivity index (χ1) is 14.5. The molecule has 3 aromatic carbocycles. The zero-order valence-corrected chi connectivity index (χ0v) is 17.8. The van der Waals surface area contributed by atoms with Crippen LogP contribution in [0.2, 0.25) is 10.0 Å². The van der Waals surface area contributed by atoms with Gasteiger partial charge in [-0.05, 0) is 60.5 Å². The van der Waals surface area contributed by atoms with Crippen molar-refractivity contribution in [2.45, 2.75) is 13.3 Å². The van der Waals surface area contributed by atoms with E-state index in [4.69, 9.17) is 27.9 Å². The lowest BCUT2D eigenvalue weighted by atomic mass is 10.1. The Hall–Kier alpha value is -3.02. The van der Waals surface area contributed by atoms with E-state index in [1.165, 1.54) is 0 Å². The van der Waals surface area contributed by atoms with E-state index in [-0.39, 0.29) is 18.4 Å². The van der Waals surface area contributed by atoms with Crippen LogP contribution in [0.1, 0.15) is 22.8 Å². The van der Waals surface area contributed by atoms with Gasteiger partial charge in [-0.2, -0.15) is 0 Å². The summed E-state index contributed by atoms with van der Waals surface area (Å²) in [6.45, 7) is 1.83. The maximum Gasteiger partial charge on any atom is 0.262 e. The van der Waals surface area contributed by atoms with E-state index in [1.54, 1.807) is 42.5 Å². The Balaban J connectivity index is 1.56. The lowest BCUT2D eigenvalue weighted by Crippen LogP contribution is -2.20. The average molecular weight is 443 g/mol. The molecule has 30 heavy (non-hydrogen) atoms. The molecule has 0 atom stereocenters. The lowest BCUT2D eigenvalue weighted by Gasteiger charge is -2.11. The summed E-state index contributed by atoms with van der Waals surface area (Å²) >= 11 is 11.9. The Morgan fingerprint density at radius 3 is 2.37 bits per heavy atom. The van der Waals surface area contributed by atoms with Gasteiger partial charge in [0.05, 0.1) is 10.7 Å². The fourth-order valence-corrected chi connectivity index (χ4v) is 3.11. The highest BCUT2D eigenvalue weighted by molar-refractivity contribution is 6.35. The minimum atomic E-state index is -0.378. The summed E-state index contributed by atoms with van der Waals surface area (Å²) in [7, 11) is 0. The van der Waals surface area contributed by atoms with Gasteiger partial charge in [-0.3, -0.25) is 9.59 Å². The third kappa shape index (κ3) is 5.75. The highest BCUT2D eigenvalue weighted by atomic mass is 35.5. The molecule has 0 bridgehead atoms. The molecule has 0 unspecified atom stereocenters. The molecule has 3 aromatic rings. The van der Waals surface area contributed by atoms with Crippen LogP contribution in [0.15, 0.2) is 66.7 Å². The Morgan fingerprint density at radius 1 is 0.900 bits per heavy atom. The van der Waals surface area contributed by atoms with Crippen LogP contribution in [0.3, 0.4) is 0 Å². The number of halogens is 2. The average Bonchev–Trinajstić information content (AvgIpc) is 2.75. The first kappa shape index (κ1) is 21.7. The molecule has 0 aliphatic rings. The Labute approximate surface area is 185 Å². The molecule has 0 aliphatic carbocycles. The van der Waals surface area contributed by atoms with Crippen LogP contribution in [0, 0.1) is 0 Å². The number of anilines is 2. The quantitative estimate of drug-likeness (QED) is 0.483. The summed E-state index contributed by atoms with van der Waals surface area (Å²) in [6.07, 6.45) is 0.825. The number of hydrogen-bond acceptors (Lipinski definition) is 3. The number of nitrogens with one attached hydrogen (secondary N) is 2. The summed E-state index contributed by atoms with van der Waals surface area (Å²) < 4.78 is 5.48. The van der Waals surface area contributed by atoms with E-state index < -0.39 is 0 Å². The summed E-state index contributed by atoms with van der Waals surface area (Å²) in [5.74, 6) is -0.124. The third-order valence-corrected chi connectivity index (χ3v) is 4.90. The molecule has 7 heteroatoms. The van der Waals surface area contributed by atoms with E-state index in [1.807, 2.05) is 31.2 Å². The molecule has 0 aromatic heterocycles. The van der Waals surface area contributed by atoms with Crippen LogP contribution in [0.4, 0.5) is 11.4 Å². The van der Waals surface area contributed by atoms with Crippen LogP contribution in [0.5, 0.6) is 5.75 Å². The monoisotopic (exact) mass is 442 g/mol. The fourth-order valence-electron chi connectivity index (χ4n) is 2.78. The highest BCUT2D eigenvalue weighted by Gasteiger charge is 2.10. The Bertz CT molecular complexity index is 1050. The van der Waals surface area contributed by atoms with Gasteiger partial charge in [0.25, 0.3) is 11.8 Å². The molecule has 0 radical (unpaired) electrons. The van der Waals surface area contributed by atoms with Gasteiger partial charge >= 0.3 is 0 Å². The van der Waals surface area contributed by atoms with Crippen molar-refractivity contribution in [1.82, 2.24) is 0 Å². The van der Waals surface area contributed by atoms with Crippen molar-refractivity contribution in [2.24, 2.45) is 0 Å². The first-order valence-corrected chi connectivity index (χ1v) is 10.1. The van der Waals surface area contributed by atoms with Gasteiger partial charge in [-0.25, -0.2) is 0 Å². The number of rotatable bonds is 7. The molecular weight excluding hydrogens is 423 g/mol. The van der Waals surface area contributed by atoms with Crippen molar-refractivity contribution in [2.75, 3.05) is 17.2 Å². The maximum atomic E-state index is 12.5. The minimum Gasteiger partial charge on any atom is -0.484 e. The second-order valence-electron chi connectivity index (χ2n) is 6.45. The number of hydrogen-bond donors (Lipinski definition) is 2. The first-order valence-electron chi connectivity index (χ1n) is 9.33. The van der Waals surface area contributed by atoms with Crippen LogP contribution in [0.25, 0.3) is 0 Å². The van der Waals surface area contributed by atoms with Gasteiger partial charge in [0, 0.05) is 16.3 Å². The van der Waals surface area contributed by atoms with Gasteiger partial charge in [-0.1, -0.05) is 48.3 Å². The molecule has 0 saturated heterocycles. The van der Waals surface area contributed by atoms with Crippen LogP contribution < -0.4 is 15.4 Å². The van der Waals surface area contributed by atoms with Crippen molar-refractivity contribution in [3.8, 4) is 5.75 Å². The smallest absolute Gasteiger partial charge is 0.262 e. The number of carbonyl (C=O) groups excluding carboxylic acids is 2. The van der Waals surface area contributed by atoms with Gasteiger partial charge in [0.2, 0.25) is 0 Å². The molecule has 0 aliphatic heterocycles. The van der Waals surface area contributed by atoms with E-state index in [2.05, 4.69) is 10.6 Å². The number of benzene rings is 3. The maximum absolute atomic E-state index is 12.5. The van der Waals surface area contributed by atoms with Gasteiger partial charge in [0.15, 0.2) is 6.61 Å². The molecule has 154 valence electrons. The predicted molar refractivity (Wildman–Crippen MR) is 121 cm³/mol. The lowest BCUT2D eigenvalue weighted by molar-refractivity contribution is -0.118. The second kappa shape index (κ2) is 10.1. The largest absolute Gasteiger partial charge is 0.484 e. The van der Waals surface area contributed by atoms with Crippen LogP contribution in [-0.4, -0.2) is 18.4 Å². The summed E-state index contributed by atoms with van der Waals surface area (Å²) in [5.41, 5.74) is 2.76. The van der Waals surface area contributed by atoms with Crippen molar-refractivity contribution in [3.05, 3.63) is 87.9 Å². The zero-order chi connectivity index (χ0) is 21.5. The normalized spacial score (nSPS) is 10.4. The molecule has 0 heterocycles. The van der Waals surface area contributed by atoms with Gasteiger partial charge in [0.1, 0.15) is 5.75 Å². The molecular formula is C23H20Cl2N2O3. The molecule has 5 nitrogen and oxygen atoms in total. The molecule has 0 saturated carbocycles. The molecule has 0 spiro atoms. The SMILES string of the molecule is CCc1ccccc1NC(=O)c1ccc(OCC(=O)Nc2cc(Cl)ccc2Cl)cc1. The predicted octanol–water partition coefficient (Wildman–Crippen LogP) is 5.83. The summed E-state index contributed by atoms with van der Waals surface area (Å²) in [5, 5.41) is 6.41. The second-order valence-corrected chi connectivity index (χ2v) is 7.29. The fraction of sp³-hybridized carbons (Fsp3) is 0.130. The van der Waals surface area contributed by atoms with Gasteiger partial charge in [-0.15, -0.1) is 0 Å². The van der Waals surface area contributed by atoms with Crippen LogP contribution >= 0.6 is 23.2 Å². The van der Waals surface area contributed by atoms with E-state index >= 15 is 0 Å². The standard InChI is InChI=1S/C23H20Cl2N2O3/c1-2-15-5-3-4-6-20(15)27-23(29)16-7-10-18(11-8-16)30-14-22(28)26-21-13-17(24)9-12-19(21)25/h3-13H,2,14H2,1H3,(H,26,28)(H,27,29). The topological polar surface area (TPSA) is 67.4 Å². The van der Waals surface area contributed by atoms with Crippen molar-refractivity contribution in [1.29, 1.82) is 0 Å². The third-order valence-electron chi connectivity index (χ3n) is 4.34. The Kier molecular flexibility index (Phi) is 7.33. The number of amides is 2. The molecule has 2 N–H and O–H groups in total. The zero-order valence-electron chi connectivity index (χ0n) is 16.2. The molecule has 2 amide bonds. The minimum absolute atomic E-state index is 0.210. The number of para-hydroxylation sites is 1. The molecule has 3 rings (SSSR count). The van der Waals surface area contributed by atoms with Crippen molar-refractivity contribution < 1.29 is 14.3 Å². The van der Waals surface area contributed by atoms with Crippen LogP contribution in [-0.2, 0) is 11.2 Å². The number of ether oxygens (including phenoxy) is 1. The number of carbonyl (C=O) groups is 2. The summed E-state index contributed by atoms with van der Waals surface area (Å²) in [4.78, 5) is 24.6. The molecule has 0 fully saturated rings. The van der Waals surface area contributed by atoms with Crippen molar-refractivity contribution in [3.63, 3.8) is 0 Å². The summed E-state index contributed by atoms with van der Waals surface area (Å²) in [6, 6.07) is 19.0.